The Hall–Kier alpha value is -0.610. The lowest BCUT2D eigenvalue weighted by Gasteiger charge is -2.19. The van der Waals surface area contributed by atoms with Gasteiger partial charge in [0.2, 0.25) is 0 Å². The lowest BCUT2D eigenvalue weighted by atomic mass is 10.1. The molecule has 0 aliphatic rings. The number of aliphatic hydroxyl groups is 1. The van der Waals surface area contributed by atoms with Crippen LogP contribution in [0.15, 0.2) is 0 Å². The van der Waals surface area contributed by atoms with Crippen molar-refractivity contribution in [2.24, 2.45) is 5.73 Å². The molecule has 4 heteroatoms. The van der Waals surface area contributed by atoms with Gasteiger partial charge in [0.1, 0.15) is 5.60 Å². The van der Waals surface area contributed by atoms with Gasteiger partial charge >= 0.3 is 5.97 Å². The van der Waals surface area contributed by atoms with Gasteiger partial charge in [-0.3, -0.25) is 4.79 Å². The van der Waals surface area contributed by atoms with Crippen molar-refractivity contribution in [3.63, 3.8) is 0 Å². The van der Waals surface area contributed by atoms with Crippen molar-refractivity contribution in [3.05, 3.63) is 0 Å². The molecule has 0 aliphatic carbocycles. The molecular weight excluding hydrogens is 170 g/mol. The van der Waals surface area contributed by atoms with Gasteiger partial charge in [-0.05, 0) is 27.2 Å². The van der Waals surface area contributed by atoms with Crippen LogP contribution in [0.3, 0.4) is 0 Å². The van der Waals surface area contributed by atoms with E-state index in [9.17, 15) is 4.79 Å². The summed E-state index contributed by atoms with van der Waals surface area (Å²) < 4.78 is 5.06. The molecule has 0 saturated heterocycles. The Morgan fingerprint density at radius 3 is 2.46 bits per heavy atom. The summed E-state index contributed by atoms with van der Waals surface area (Å²) in [6.07, 6.45) is 0.727. The van der Waals surface area contributed by atoms with Crippen molar-refractivity contribution in [3.8, 4) is 0 Å². The highest BCUT2D eigenvalue weighted by molar-refractivity contribution is 5.69. The van der Waals surface area contributed by atoms with Crippen LogP contribution in [0.1, 0.15) is 33.6 Å². The third-order valence-corrected chi connectivity index (χ3v) is 1.37. The Bertz CT molecular complexity index is 163. The summed E-state index contributed by atoms with van der Waals surface area (Å²) in [6.45, 7) is 5.35. The van der Waals surface area contributed by atoms with Gasteiger partial charge in [-0.2, -0.15) is 0 Å². The van der Waals surface area contributed by atoms with E-state index in [2.05, 4.69) is 0 Å². The average Bonchev–Trinajstić information content (AvgIpc) is 1.97. The zero-order valence-electron chi connectivity index (χ0n) is 8.54. The maximum absolute atomic E-state index is 11.1. The van der Waals surface area contributed by atoms with E-state index in [4.69, 9.17) is 15.6 Å². The lowest BCUT2D eigenvalue weighted by molar-refractivity contribution is -0.155. The molecule has 0 aromatic rings. The minimum atomic E-state index is -0.444. The fourth-order valence-corrected chi connectivity index (χ4v) is 0.787. The summed E-state index contributed by atoms with van der Waals surface area (Å²) in [6, 6.07) is -0.326. The molecule has 0 spiro atoms. The van der Waals surface area contributed by atoms with Crippen LogP contribution in [0.25, 0.3) is 0 Å². The predicted molar refractivity (Wildman–Crippen MR) is 50.1 cm³/mol. The van der Waals surface area contributed by atoms with E-state index >= 15 is 0 Å². The highest BCUT2D eigenvalue weighted by atomic mass is 16.6. The van der Waals surface area contributed by atoms with Crippen LogP contribution < -0.4 is 5.73 Å². The highest BCUT2D eigenvalue weighted by Crippen LogP contribution is 2.09. The topological polar surface area (TPSA) is 72.5 Å². The van der Waals surface area contributed by atoms with E-state index in [-0.39, 0.29) is 25.0 Å². The zero-order chi connectivity index (χ0) is 10.5. The number of carbonyl (C=O) groups is 1. The van der Waals surface area contributed by atoms with Gasteiger partial charge in [-0.1, -0.05) is 0 Å². The van der Waals surface area contributed by atoms with E-state index in [1.165, 1.54) is 0 Å². The first-order valence-corrected chi connectivity index (χ1v) is 4.43. The second kappa shape index (κ2) is 5.19. The molecule has 4 nitrogen and oxygen atoms in total. The summed E-state index contributed by atoms with van der Waals surface area (Å²) in [5.74, 6) is -0.267. The predicted octanol–water partition coefficient (Wildman–Crippen LogP) is 0.428. The van der Waals surface area contributed by atoms with Crippen molar-refractivity contribution in [2.75, 3.05) is 6.61 Å². The van der Waals surface area contributed by atoms with Crippen LogP contribution in [0.2, 0.25) is 0 Å². The smallest absolute Gasteiger partial charge is 0.306 e. The van der Waals surface area contributed by atoms with Crippen LogP contribution >= 0.6 is 0 Å². The summed E-state index contributed by atoms with van der Waals surface area (Å²) in [4.78, 5) is 11.1. The zero-order valence-corrected chi connectivity index (χ0v) is 8.54. The van der Waals surface area contributed by atoms with Crippen molar-refractivity contribution in [1.29, 1.82) is 0 Å². The normalized spacial score (nSPS) is 13.9. The molecule has 0 fully saturated rings. The van der Waals surface area contributed by atoms with Crippen molar-refractivity contribution in [2.45, 2.75) is 45.3 Å². The van der Waals surface area contributed by atoms with Crippen LogP contribution in [-0.2, 0) is 9.53 Å². The summed E-state index contributed by atoms with van der Waals surface area (Å²) >= 11 is 0. The first-order valence-electron chi connectivity index (χ1n) is 4.43. The number of nitrogens with two attached hydrogens (primary N) is 1. The molecular formula is C9H19NO3. The fourth-order valence-electron chi connectivity index (χ4n) is 0.787. The fraction of sp³-hybridized carbons (Fsp3) is 0.889. The van der Waals surface area contributed by atoms with Gasteiger partial charge in [-0.25, -0.2) is 0 Å². The molecule has 13 heavy (non-hydrogen) atoms. The van der Waals surface area contributed by atoms with Crippen molar-refractivity contribution >= 4 is 5.97 Å². The van der Waals surface area contributed by atoms with E-state index in [0.717, 1.165) is 0 Å². The number of esters is 1. The minimum Gasteiger partial charge on any atom is -0.460 e. The second-order valence-corrected chi connectivity index (χ2v) is 4.07. The standard InChI is InChI=1S/C9H19NO3/c1-9(2,3)13-8(12)5-4-7(10)6-11/h7,11H,4-6,10H2,1-3H3. The molecule has 0 saturated carbocycles. The van der Waals surface area contributed by atoms with E-state index in [1.54, 1.807) is 0 Å². The average molecular weight is 189 g/mol. The number of hydrogen-bond donors (Lipinski definition) is 2. The Kier molecular flexibility index (Phi) is 4.95. The van der Waals surface area contributed by atoms with E-state index < -0.39 is 5.60 Å². The third kappa shape index (κ3) is 7.74. The SMILES string of the molecule is CC(C)(C)OC(=O)CCC(N)CO. The first kappa shape index (κ1) is 12.4. The third-order valence-electron chi connectivity index (χ3n) is 1.37. The summed E-state index contributed by atoms with van der Waals surface area (Å²) in [5, 5.41) is 8.60. The largest absolute Gasteiger partial charge is 0.460 e. The first-order chi connectivity index (χ1) is 5.85. The van der Waals surface area contributed by atoms with Crippen LogP contribution in [0, 0.1) is 0 Å². The number of ether oxygens (including phenoxy) is 1. The molecule has 1 atom stereocenters. The molecule has 1 unspecified atom stereocenters. The van der Waals surface area contributed by atoms with E-state index in [0.29, 0.717) is 6.42 Å². The monoisotopic (exact) mass is 189 g/mol. The van der Waals surface area contributed by atoms with E-state index in [1.807, 2.05) is 20.8 Å². The Balaban J connectivity index is 3.64. The number of aliphatic hydroxyl groups excluding tert-OH is 1. The highest BCUT2D eigenvalue weighted by Gasteiger charge is 2.16. The van der Waals surface area contributed by atoms with Crippen molar-refractivity contribution in [1.82, 2.24) is 0 Å². The molecule has 0 aromatic heterocycles. The molecule has 0 heterocycles. The Labute approximate surface area is 79.1 Å². The molecule has 3 N–H and O–H groups in total. The minimum absolute atomic E-state index is 0.0944. The summed E-state index contributed by atoms with van der Waals surface area (Å²) in [7, 11) is 0. The van der Waals surface area contributed by atoms with Gasteiger partial charge < -0.3 is 15.6 Å². The molecule has 0 radical (unpaired) electrons. The lowest BCUT2D eigenvalue weighted by Crippen LogP contribution is -2.28. The number of hydrogen-bond acceptors (Lipinski definition) is 4. The quantitative estimate of drug-likeness (QED) is 0.629. The molecule has 78 valence electrons. The van der Waals surface area contributed by atoms with Gasteiger partial charge in [0, 0.05) is 12.5 Å². The number of carbonyl (C=O) groups excluding carboxylic acids is 1. The molecule has 0 bridgehead atoms. The molecule has 0 aliphatic heterocycles. The molecule has 0 rings (SSSR count). The van der Waals surface area contributed by atoms with Crippen LogP contribution in [0.4, 0.5) is 0 Å². The second-order valence-electron chi connectivity index (χ2n) is 4.07. The van der Waals surface area contributed by atoms with Crippen LogP contribution in [0.5, 0.6) is 0 Å². The van der Waals surface area contributed by atoms with Gasteiger partial charge in [-0.15, -0.1) is 0 Å². The van der Waals surface area contributed by atoms with Gasteiger partial charge in [0.15, 0.2) is 0 Å². The molecule has 0 aromatic carbocycles. The number of rotatable bonds is 4. The summed E-state index contributed by atoms with van der Waals surface area (Å²) in [5.41, 5.74) is 4.98. The van der Waals surface area contributed by atoms with Crippen LogP contribution in [-0.4, -0.2) is 29.3 Å². The van der Waals surface area contributed by atoms with Gasteiger partial charge in [0.25, 0.3) is 0 Å². The Morgan fingerprint density at radius 1 is 1.54 bits per heavy atom. The maximum Gasteiger partial charge on any atom is 0.306 e. The maximum atomic E-state index is 11.1. The van der Waals surface area contributed by atoms with Crippen molar-refractivity contribution < 1.29 is 14.6 Å². The molecule has 0 amide bonds. The Morgan fingerprint density at radius 2 is 2.08 bits per heavy atom. The van der Waals surface area contributed by atoms with Gasteiger partial charge in [0.05, 0.1) is 6.61 Å².